The van der Waals surface area contributed by atoms with Gasteiger partial charge < -0.3 is 4.90 Å². The molecule has 6 nitrogen and oxygen atoms in total. The molecule has 1 saturated heterocycles. The highest BCUT2D eigenvalue weighted by molar-refractivity contribution is 9.10. The van der Waals surface area contributed by atoms with Gasteiger partial charge in [0.1, 0.15) is 0 Å². The van der Waals surface area contributed by atoms with E-state index in [-0.39, 0.29) is 10.8 Å². The third kappa shape index (κ3) is 3.98. The summed E-state index contributed by atoms with van der Waals surface area (Å²) in [5, 5.41) is 0. The van der Waals surface area contributed by atoms with Gasteiger partial charge in [0.2, 0.25) is 10.0 Å². The summed E-state index contributed by atoms with van der Waals surface area (Å²) in [4.78, 5) is 17.3. The van der Waals surface area contributed by atoms with Crippen molar-refractivity contribution >= 4 is 31.9 Å². The molecule has 0 unspecified atom stereocenters. The van der Waals surface area contributed by atoms with Gasteiger partial charge in [0, 0.05) is 56.4 Å². The Hall–Kier alpha value is -0.960. The van der Waals surface area contributed by atoms with E-state index in [0.29, 0.717) is 29.2 Å². The normalized spacial score (nSPS) is 20.1. The third-order valence-corrected chi connectivity index (χ3v) is 8.19. The first-order chi connectivity index (χ1) is 12.3. The SMILES string of the molecule is CN(C)S(=O)(=O)c1cc(C(=O)N2CCN(C3CCCC3)CC2)ccc1Br. The first kappa shape index (κ1) is 19.8. The van der Waals surface area contributed by atoms with Crippen molar-refractivity contribution in [1.82, 2.24) is 14.1 Å². The highest BCUT2D eigenvalue weighted by Crippen LogP contribution is 2.27. The molecular formula is C18H26BrN3O3S. The molecule has 1 saturated carbocycles. The summed E-state index contributed by atoms with van der Waals surface area (Å²) in [6, 6.07) is 5.48. The van der Waals surface area contributed by atoms with Crippen LogP contribution >= 0.6 is 15.9 Å². The van der Waals surface area contributed by atoms with Crippen LogP contribution in [-0.2, 0) is 10.0 Å². The minimum atomic E-state index is -3.61. The van der Waals surface area contributed by atoms with Crippen LogP contribution in [0.1, 0.15) is 36.0 Å². The Balaban J connectivity index is 1.72. The van der Waals surface area contributed by atoms with Gasteiger partial charge in [-0.15, -0.1) is 0 Å². The lowest BCUT2D eigenvalue weighted by molar-refractivity contribution is 0.0573. The predicted octanol–water partition coefficient (Wildman–Crippen LogP) is 2.40. The van der Waals surface area contributed by atoms with Crippen LogP contribution in [0.4, 0.5) is 0 Å². The Morgan fingerprint density at radius 1 is 1.12 bits per heavy atom. The fraction of sp³-hybridized carbons (Fsp3) is 0.611. The van der Waals surface area contributed by atoms with Crippen LogP contribution < -0.4 is 0 Å². The fourth-order valence-electron chi connectivity index (χ4n) is 3.77. The lowest BCUT2D eigenvalue weighted by Crippen LogP contribution is -2.51. The predicted molar refractivity (Wildman–Crippen MR) is 105 cm³/mol. The number of hydrogen-bond acceptors (Lipinski definition) is 4. The molecule has 1 aliphatic heterocycles. The molecule has 1 heterocycles. The molecule has 0 bridgehead atoms. The lowest BCUT2D eigenvalue weighted by Gasteiger charge is -2.38. The molecule has 1 amide bonds. The molecule has 1 aliphatic carbocycles. The van der Waals surface area contributed by atoms with Gasteiger partial charge >= 0.3 is 0 Å². The zero-order valence-corrected chi connectivity index (χ0v) is 17.7. The first-order valence-electron chi connectivity index (χ1n) is 9.06. The Morgan fingerprint density at radius 3 is 2.31 bits per heavy atom. The summed E-state index contributed by atoms with van der Waals surface area (Å²) >= 11 is 3.29. The molecule has 3 rings (SSSR count). The zero-order valence-electron chi connectivity index (χ0n) is 15.3. The van der Waals surface area contributed by atoms with Crippen molar-refractivity contribution in [1.29, 1.82) is 0 Å². The van der Waals surface area contributed by atoms with E-state index in [1.165, 1.54) is 45.8 Å². The van der Waals surface area contributed by atoms with E-state index in [1.54, 1.807) is 12.1 Å². The number of nitrogens with zero attached hydrogens (tertiary/aromatic N) is 3. The van der Waals surface area contributed by atoms with Crippen LogP contribution in [0, 0.1) is 0 Å². The molecule has 0 N–H and O–H groups in total. The molecule has 2 aliphatic rings. The maximum Gasteiger partial charge on any atom is 0.253 e. The van der Waals surface area contributed by atoms with Gasteiger partial charge in [0.05, 0.1) is 4.90 Å². The van der Waals surface area contributed by atoms with Crippen molar-refractivity contribution in [3.05, 3.63) is 28.2 Å². The summed E-state index contributed by atoms with van der Waals surface area (Å²) in [5.41, 5.74) is 0.419. The van der Waals surface area contributed by atoms with E-state index in [2.05, 4.69) is 20.8 Å². The molecule has 0 radical (unpaired) electrons. The van der Waals surface area contributed by atoms with E-state index in [0.717, 1.165) is 17.4 Å². The summed E-state index contributed by atoms with van der Waals surface area (Å²) in [6.45, 7) is 3.19. The number of hydrogen-bond donors (Lipinski definition) is 0. The van der Waals surface area contributed by atoms with Crippen molar-refractivity contribution in [2.75, 3.05) is 40.3 Å². The van der Waals surface area contributed by atoms with Crippen LogP contribution in [0.25, 0.3) is 0 Å². The summed E-state index contributed by atoms with van der Waals surface area (Å²) < 4.78 is 26.5. The first-order valence-corrected chi connectivity index (χ1v) is 11.3. The third-order valence-electron chi connectivity index (χ3n) is 5.38. The number of piperazine rings is 1. The molecule has 26 heavy (non-hydrogen) atoms. The Kier molecular flexibility index (Phi) is 6.06. The number of carbonyl (C=O) groups excluding carboxylic acids is 1. The number of sulfonamides is 1. The number of rotatable bonds is 4. The number of benzene rings is 1. The van der Waals surface area contributed by atoms with E-state index < -0.39 is 10.0 Å². The smallest absolute Gasteiger partial charge is 0.253 e. The lowest BCUT2D eigenvalue weighted by atomic mass is 10.1. The van der Waals surface area contributed by atoms with Crippen LogP contribution in [0.5, 0.6) is 0 Å². The van der Waals surface area contributed by atoms with Crippen LogP contribution in [0.3, 0.4) is 0 Å². The second-order valence-corrected chi connectivity index (χ2v) is 10.2. The maximum absolute atomic E-state index is 12.9. The average Bonchev–Trinajstić information content (AvgIpc) is 3.16. The van der Waals surface area contributed by atoms with Crippen molar-refractivity contribution < 1.29 is 13.2 Å². The van der Waals surface area contributed by atoms with Crippen LogP contribution in [-0.4, -0.2) is 74.7 Å². The number of carbonyl (C=O) groups is 1. The largest absolute Gasteiger partial charge is 0.336 e. The van der Waals surface area contributed by atoms with Crippen molar-refractivity contribution in [2.24, 2.45) is 0 Å². The number of halogens is 1. The summed E-state index contributed by atoms with van der Waals surface area (Å²) in [6.07, 6.45) is 5.16. The highest BCUT2D eigenvalue weighted by atomic mass is 79.9. The summed E-state index contributed by atoms with van der Waals surface area (Å²) in [5.74, 6) is -0.0984. The molecule has 0 spiro atoms. The van der Waals surface area contributed by atoms with Gasteiger partial charge in [0.25, 0.3) is 5.91 Å². The molecule has 8 heteroatoms. The molecule has 144 valence electrons. The minimum absolute atomic E-state index is 0.0984. The zero-order chi connectivity index (χ0) is 18.9. The molecule has 1 aromatic rings. The Bertz CT molecular complexity index is 768. The molecule has 0 atom stereocenters. The van der Waals surface area contributed by atoms with Gasteiger partial charge in [-0.3, -0.25) is 9.69 Å². The van der Waals surface area contributed by atoms with Gasteiger partial charge in [-0.05, 0) is 47.0 Å². The van der Waals surface area contributed by atoms with Crippen LogP contribution in [0.15, 0.2) is 27.6 Å². The van der Waals surface area contributed by atoms with E-state index in [1.807, 2.05) is 4.90 Å². The maximum atomic E-state index is 12.9. The van der Waals surface area contributed by atoms with E-state index in [4.69, 9.17) is 0 Å². The standard InChI is InChI=1S/C18H26BrN3O3S/c1-20(2)26(24,25)17-13-14(7-8-16(17)19)18(23)22-11-9-21(10-12-22)15-5-3-4-6-15/h7-8,13,15H,3-6,9-12H2,1-2H3. The Labute approximate surface area is 164 Å². The monoisotopic (exact) mass is 443 g/mol. The fourth-order valence-corrected chi connectivity index (χ4v) is 5.62. The summed E-state index contributed by atoms with van der Waals surface area (Å²) in [7, 11) is -0.637. The van der Waals surface area contributed by atoms with Crippen molar-refractivity contribution in [3.8, 4) is 0 Å². The van der Waals surface area contributed by atoms with Gasteiger partial charge in [-0.25, -0.2) is 12.7 Å². The Morgan fingerprint density at radius 2 is 1.73 bits per heavy atom. The molecular weight excluding hydrogens is 418 g/mol. The van der Waals surface area contributed by atoms with Crippen molar-refractivity contribution in [2.45, 2.75) is 36.6 Å². The topological polar surface area (TPSA) is 60.9 Å². The van der Waals surface area contributed by atoms with Gasteiger partial charge in [-0.1, -0.05) is 12.8 Å². The molecule has 2 fully saturated rings. The second-order valence-electron chi connectivity index (χ2n) is 7.20. The van der Waals surface area contributed by atoms with Gasteiger partial charge in [0.15, 0.2) is 0 Å². The minimum Gasteiger partial charge on any atom is -0.336 e. The molecule has 0 aromatic heterocycles. The van der Waals surface area contributed by atoms with E-state index >= 15 is 0 Å². The second kappa shape index (κ2) is 7.96. The average molecular weight is 444 g/mol. The quantitative estimate of drug-likeness (QED) is 0.716. The van der Waals surface area contributed by atoms with Crippen molar-refractivity contribution in [3.63, 3.8) is 0 Å². The number of amides is 1. The highest BCUT2D eigenvalue weighted by Gasteiger charge is 2.29. The molecule has 1 aromatic carbocycles. The van der Waals surface area contributed by atoms with Gasteiger partial charge in [-0.2, -0.15) is 0 Å². The van der Waals surface area contributed by atoms with Crippen LogP contribution in [0.2, 0.25) is 0 Å². The van der Waals surface area contributed by atoms with E-state index in [9.17, 15) is 13.2 Å².